The van der Waals surface area contributed by atoms with E-state index < -0.39 is 0 Å². The van der Waals surface area contributed by atoms with Gasteiger partial charge < -0.3 is 9.80 Å². The minimum absolute atomic E-state index is 0.00534. The van der Waals surface area contributed by atoms with Crippen LogP contribution >= 0.6 is 11.6 Å². The Morgan fingerprint density at radius 2 is 1.92 bits per heavy atom. The maximum Gasteiger partial charge on any atom is 0.228 e. The number of amides is 2. The molecule has 1 saturated heterocycles. The molecule has 2 atom stereocenters. The number of halogens is 1. The Morgan fingerprint density at radius 1 is 1.20 bits per heavy atom. The van der Waals surface area contributed by atoms with Crippen molar-refractivity contribution >= 4 is 29.1 Å². The zero-order valence-electron chi connectivity index (χ0n) is 14.4. The third-order valence-electron chi connectivity index (χ3n) is 4.80. The Labute approximate surface area is 153 Å². The molecule has 5 heteroatoms. The van der Waals surface area contributed by atoms with Gasteiger partial charge in [0.2, 0.25) is 11.8 Å². The van der Waals surface area contributed by atoms with Crippen LogP contribution in [-0.4, -0.2) is 30.3 Å². The van der Waals surface area contributed by atoms with Crippen molar-refractivity contribution in [2.75, 3.05) is 18.5 Å². The molecule has 2 aromatic carbocycles. The van der Waals surface area contributed by atoms with Crippen LogP contribution in [0.5, 0.6) is 0 Å². The molecule has 0 bridgehead atoms. The van der Waals surface area contributed by atoms with Crippen molar-refractivity contribution in [3.63, 3.8) is 0 Å². The standard InChI is InChI=1S/C20H21ClN2O2/c1-14(15-7-4-3-5-8-15)22(2)20(25)16-11-19(24)23(13-16)18-10-6-9-17(21)12-18/h3-10,12,14,16H,11,13H2,1-2H3. The molecule has 0 radical (unpaired) electrons. The average molecular weight is 357 g/mol. The van der Waals surface area contributed by atoms with E-state index in [9.17, 15) is 9.59 Å². The maximum absolute atomic E-state index is 12.9. The summed E-state index contributed by atoms with van der Waals surface area (Å²) in [5, 5.41) is 0.579. The number of benzene rings is 2. The summed E-state index contributed by atoms with van der Waals surface area (Å²) in [7, 11) is 1.80. The van der Waals surface area contributed by atoms with Crippen molar-refractivity contribution in [1.82, 2.24) is 4.90 Å². The lowest BCUT2D eigenvalue weighted by atomic mass is 10.0. The molecule has 1 fully saturated rings. The molecule has 0 N–H and O–H groups in total. The van der Waals surface area contributed by atoms with Gasteiger partial charge >= 0.3 is 0 Å². The Kier molecular flexibility index (Phi) is 5.09. The first-order valence-corrected chi connectivity index (χ1v) is 8.72. The van der Waals surface area contributed by atoms with Gasteiger partial charge in [0.05, 0.1) is 12.0 Å². The highest BCUT2D eigenvalue weighted by atomic mass is 35.5. The summed E-state index contributed by atoms with van der Waals surface area (Å²) in [4.78, 5) is 28.6. The second-order valence-electron chi connectivity index (χ2n) is 6.42. The minimum atomic E-state index is -0.331. The molecule has 2 aromatic rings. The van der Waals surface area contributed by atoms with Gasteiger partial charge in [-0.1, -0.05) is 48.0 Å². The third-order valence-corrected chi connectivity index (χ3v) is 5.04. The van der Waals surface area contributed by atoms with E-state index in [-0.39, 0.29) is 30.2 Å². The zero-order chi connectivity index (χ0) is 18.0. The fraction of sp³-hybridized carbons (Fsp3) is 0.300. The quantitative estimate of drug-likeness (QED) is 0.833. The number of carbonyl (C=O) groups is 2. The maximum atomic E-state index is 12.9. The molecule has 130 valence electrons. The zero-order valence-corrected chi connectivity index (χ0v) is 15.1. The Morgan fingerprint density at radius 3 is 2.60 bits per heavy atom. The van der Waals surface area contributed by atoms with Crippen LogP contribution < -0.4 is 4.90 Å². The van der Waals surface area contributed by atoms with Gasteiger partial charge in [0.15, 0.2) is 0 Å². The average Bonchev–Trinajstić information content (AvgIpc) is 3.02. The van der Waals surface area contributed by atoms with Crippen LogP contribution in [0.2, 0.25) is 5.02 Å². The van der Waals surface area contributed by atoms with Crippen LogP contribution in [0.1, 0.15) is 24.9 Å². The second kappa shape index (κ2) is 7.28. The van der Waals surface area contributed by atoms with Crippen LogP contribution in [0.25, 0.3) is 0 Å². The molecule has 0 aromatic heterocycles. The molecule has 2 unspecified atom stereocenters. The van der Waals surface area contributed by atoms with Crippen LogP contribution in [0.3, 0.4) is 0 Å². The van der Waals surface area contributed by atoms with Gasteiger partial charge in [0, 0.05) is 30.7 Å². The highest BCUT2D eigenvalue weighted by Gasteiger charge is 2.37. The summed E-state index contributed by atoms with van der Waals surface area (Å²) >= 11 is 6.02. The van der Waals surface area contributed by atoms with E-state index in [1.165, 1.54) is 0 Å². The van der Waals surface area contributed by atoms with Crippen molar-refractivity contribution in [3.8, 4) is 0 Å². The van der Waals surface area contributed by atoms with Crippen LogP contribution in [0, 0.1) is 5.92 Å². The Hall–Kier alpha value is -2.33. The smallest absolute Gasteiger partial charge is 0.228 e. The summed E-state index contributed by atoms with van der Waals surface area (Å²) in [5.74, 6) is -0.377. The van der Waals surface area contributed by atoms with Crippen LogP contribution in [0.15, 0.2) is 54.6 Å². The van der Waals surface area contributed by atoms with Gasteiger partial charge in [0.25, 0.3) is 0 Å². The number of anilines is 1. The van der Waals surface area contributed by atoms with Gasteiger partial charge in [-0.05, 0) is 30.7 Å². The lowest BCUT2D eigenvalue weighted by Crippen LogP contribution is -2.36. The molecular formula is C20H21ClN2O2. The minimum Gasteiger partial charge on any atom is -0.339 e. The van der Waals surface area contributed by atoms with E-state index in [2.05, 4.69) is 0 Å². The van der Waals surface area contributed by atoms with E-state index in [1.54, 1.807) is 29.0 Å². The van der Waals surface area contributed by atoms with Gasteiger partial charge in [0.1, 0.15) is 0 Å². The van der Waals surface area contributed by atoms with Crippen molar-refractivity contribution < 1.29 is 9.59 Å². The molecular weight excluding hydrogens is 336 g/mol. The fourth-order valence-corrected chi connectivity index (χ4v) is 3.39. The van der Waals surface area contributed by atoms with Gasteiger partial charge in [-0.25, -0.2) is 0 Å². The molecule has 1 aliphatic heterocycles. The van der Waals surface area contributed by atoms with Crippen molar-refractivity contribution in [3.05, 3.63) is 65.2 Å². The molecule has 4 nitrogen and oxygen atoms in total. The first kappa shape index (κ1) is 17.5. The number of hydrogen-bond donors (Lipinski definition) is 0. The molecule has 25 heavy (non-hydrogen) atoms. The third kappa shape index (κ3) is 3.69. The SMILES string of the molecule is CC(c1ccccc1)N(C)C(=O)C1CC(=O)N(c2cccc(Cl)c2)C1. The van der Waals surface area contributed by atoms with Crippen LogP contribution in [0.4, 0.5) is 5.69 Å². The molecule has 1 aliphatic rings. The lowest BCUT2D eigenvalue weighted by Gasteiger charge is -2.28. The summed E-state index contributed by atoms with van der Waals surface area (Å²) in [6.45, 7) is 2.39. The van der Waals surface area contributed by atoms with E-state index in [4.69, 9.17) is 11.6 Å². The second-order valence-corrected chi connectivity index (χ2v) is 6.86. The first-order chi connectivity index (χ1) is 12.0. The van der Waals surface area contributed by atoms with E-state index in [1.807, 2.05) is 49.4 Å². The van der Waals surface area contributed by atoms with Crippen LogP contribution in [-0.2, 0) is 9.59 Å². The Balaban J connectivity index is 1.72. The van der Waals surface area contributed by atoms with Gasteiger partial charge in [-0.15, -0.1) is 0 Å². The normalized spacial score (nSPS) is 18.3. The number of carbonyl (C=O) groups excluding carboxylic acids is 2. The highest BCUT2D eigenvalue weighted by molar-refractivity contribution is 6.31. The highest BCUT2D eigenvalue weighted by Crippen LogP contribution is 2.29. The first-order valence-electron chi connectivity index (χ1n) is 8.35. The number of nitrogens with zero attached hydrogens (tertiary/aromatic N) is 2. The molecule has 1 heterocycles. The predicted octanol–water partition coefficient (Wildman–Crippen LogP) is 3.91. The Bertz CT molecular complexity index is 778. The van der Waals surface area contributed by atoms with Crippen molar-refractivity contribution in [1.29, 1.82) is 0 Å². The molecule has 0 aliphatic carbocycles. The summed E-state index contributed by atoms with van der Waals surface area (Å²) in [5.41, 5.74) is 1.82. The van der Waals surface area contributed by atoms with E-state index >= 15 is 0 Å². The summed E-state index contributed by atoms with van der Waals surface area (Å²) < 4.78 is 0. The van der Waals surface area contributed by atoms with E-state index in [0.29, 0.717) is 11.6 Å². The topological polar surface area (TPSA) is 40.6 Å². The monoisotopic (exact) mass is 356 g/mol. The lowest BCUT2D eigenvalue weighted by molar-refractivity contribution is -0.136. The number of hydrogen-bond acceptors (Lipinski definition) is 2. The number of rotatable bonds is 4. The summed E-state index contributed by atoms with van der Waals surface area (Å²) in [6, 6.07) is 17.0. The van der Waals surface area contributed by atoms with Crippen molar-refractivity contribution in [2.45, 2.75) is 19.4 Å². The van der Waals surface area contributed by atoms with E-state index in [0.717, 1.165) is 11.3 Å². The van der Waals surface area contributed by atoms with Gasteiger partial charge in [-0.2, -0.15) is 0 Å². The molecule has 0 saturated carbocycles. The van der Waals surface area contributed by atoms with Gasteiger partial charge in [-0.3, -0.25) is 9.59 Å². The molecule has 2 amide bonds. The fourth-order valence-electron chi connectivity index (χ4n) is 3.20. The molecule has 0 spiro atoms. The summed E-state index contributed by atoms with van der Waals surface area (Å²) in [6.07, 6.45) is 0.233. The predicted molar refractivity (Wildman–Crippen MR) is 99.5 cm³/mol. The largest absolute Gasteiger partial charge is 0.339 e. The van der Waals surface area contributed by atoms with Crippen molar-refractivity contribution in [2.24, 2.45) is 5.92 Å². The molecule has 3 rings (SSSR count).